The van der Waals surface area contributed by atoms with Crippen molar-refractivity contribution in [3.8, 4) is 0 Å². The van der Waals surface area contributed by atoms with Gasteiger partial charge in [-0.05, 0) is 36.8 Å². The van der Waals surface area contributed by atoms with Gasteiger partial charge in [0.2, 0.25) is 0 Å². The Morgan fingerprint density at radius 2 is 1.77 bits per heavy atom. The highest BCUT2D eigenvalue weighted by atomic mass is 15.3. The van der Waals surface area contributed by atoms with E-state index in [1.54, 1.807) is 0 Å². The molecule has 1 atom stereocenters. The number of hydrogen-bond acceptors (Lipinski definition) is 2. The molecule has 2 nitrogen and oxygen atoms in total. The average Bonchev–Trinajstić information content (AvgIpc) is 2.47. The summed E-state index contributed by atoms with van der Waals surface area (Å²) in [4.78, 5) is 5.33. The highest BCUT2D eigenvalue weighted by Gasteiger charge is 2.30. The van der Waals surface area contributed by atoms with Crippen molar-refractivity contribution in [1.82, 2.24) is 9.80 Å². The van der Waals surface area contributed by atoms with E-state index in [9.17, 15) is 0 Å². The third-order valence-corrected chi connectivity index (χ3v) is 5.00. The van der Waals surface area contributed by atoms with Gasteiger partial charge in [0, 0.05) is 38.3 Å². The fourth-order valence-corrected chi connectivity index (χ4v) is 3.57. The summed E-state index contributed by atoms with van der Waals surface area (Å²) in [7, 11) is 0. The van der Waals surface area contributed by atoms with Crippen molar-refractivity contribution in [2.75, 3.05) is 19.6 Å². The normalized spacial score (nSPS) is 21.2. The molecule has 0 amide bonds. The first-order valence-electron chi connectivity index (χ1n) is 8.95. The van der Waals surface area contributed by atoms with Gasteiger partial charge >= 0.3 is 0 Å². The molecule has 1 fully saturated rings. The Morgan fingerprint density at radius 1 is 1.05 bits per heavy atom. The number of nitrogens with zero attached hydrogens (tertiary/aromatic N) is 2. The zero-order chi connectivity index (χ0) is 16.3. The van der Waals surface area contributed by atoms with Crippen LogP contribution in [0.3, 0.4) is 0 Å². The molecule has 1 heterocycles. The quantitative estimate of drug-likeness (QED) is 0.797. The van der Waals surface area contributed by atoms with Crippen LogP contribution in [0.4, 0.5) is 0 Å². The predicted molar refractivity (Wildman–Crippen MR) is 96.3 cm³/mol. The zero-order valence-corrected chi connectivity index (χ0v) is 15.3. The van der Waals surface area contributed by atoms with Crippen LogP contribution in [0.25, 0.3) is 0 Å². The van der Waals surface area contributed by atoms with Crippen molar-refractivity contribution in [2.45, 2.75) is 66.1 Å². The summed E-state index contributed by atoms with van der Waals surface area (Å²) in [5.41, 5.74) is 2.92. The summed E-state index contributed by atoms with van der Waals surface area (Å²) < 4.78 is 0. The van der Waals surface area contributed by atoms with E-state index in [0.717, 1.165) is 6.54 Å². The van der Waals surface area contributed by atoms with E-state index in [1.165, 1.54) is 30.8 Å². The van der Waals surface area contributed by atoms with E-state index in [4.69, 9.17) is 0 Å². The van der Waals surface area contributed by atoms with Crippen LogP contribution >= 0.6 is 0 Å². The molecular weight excluding hydrogens is 268 g/mol. The van der Waals surface area contributed by atoms with Crippen LogP contribution < -0.4 is 0 Å². The molecule has 0 radical (unpaired) electrons. The van der Waals surface area contributed by atoms with Gasteiger partial charge < -0.3 is 0 Å². The Morgan fingerprint density at radius 3 is 2.36 bits per heavy atom. The van der Waals surface area contributed by atoms with Crippen LogP contribution in [0.5, 0.6) is 0 Å². The molecule has 1 aromatic carbocycles. The van der Waals surface area contributed by atoms with Crippen molar-refractivity contribution >= 4 is 0 Å². The van der Waals surface area contributed by atoms with Crippen LogP contribution in [-0.2, 0) is 6.54 Å². The predicted octanol–water partition coefficient (Wildman–Crippen LogP) is 4.36. The lowest BCUT2D eigenvalue weighted by Gasteiger charge is -2.45. The second-order valence-electron chi connectivity index (χ2n) is 7.78. The molecule has 0 saturated carbocycles. The van der Waals surface area contributed by atoms with Crippen molar-refractivity contribution < 1.29 is 0 Å². The van der Waals surface area contributed by atoms with Gasteiger partial charge in [-0.15, -0.1) is 0 Å². The molecule has 0 aromatic heterocycles. The molecule has 1 saturated heterocycles. The second-order valence-corrected chi connectivity index (χ2v) is 7.78. The Hall–Kier alpha value is -0.860. The maximum absolute atomic E-state index is 2.69. The Balaban J connectivity index is 2.04. The van der Waals surface area contributed by atoms with Gasteiger partial charge in [0.05, 0.1) is 0 Å². The lowest BCUT2D eigenvalue weighted by Crippen LogP contribution is -2.56. The summed E-state index contributed by atoms with van der Waals surface area (Å²) in [5.74, 6) is 1.33. The number of rotatable bonds is 5. The van der Waals surface area contributed by atoms with E-state index in [0.29, 0.717) is 23.9 Å². The summed E-state index contributed by atoms with van der Waals surface area (Å²) in [6.07, 6.45) is 0. The van der Waals surface area contributed by atoms with Gasteiger partial charge in [0.1, 0.15) is 0 Å². The Kier molecular flexibility index (Phi) is 6.05. The minimum atomic E-state index is 0.612. The molecule has 0 unspecified atom stereocenters. The lowest BCUT2D eigenvalue weighted by molar-refractivity contribution is 0.0251. The molecule has 0 bridgehead atoms. The van der Waals surface area contributed by atoms with Gasteiger partial charge in [0.15, 0.2) is 0 Å². The van der Waals surface area contributed by atoms with Gasteiger partial charge in [-0.3, -0.25) is 9.80 Å². The SMILES string of the molecule is CC(C)c1cccc(CN2CCN(C(C)C)[C@H](C(C)C)C2)c1. The van der Waals surface area contributed by atoms with Crippen molar-refractivity contribution in [1.29, 1.82) is 0 Å². The molecule has 0 N–H and O–H groups in total. The number of benzene rings is 1. The highest BCUT2D eigenvalue weighted by Crippen LogP contribution is 2.22. The topological polar surface area (TPSA) is 6.48 Å². The largest absolute Gasteiger partial charge is 0.296 e. The molecule has 0 spiro atoms. The third-order valence-electron chi connectivity index (χ3n) is 5.00. The molecular formula is C20H34N2. The molecule has 22 heavy (non-hydrogen) atoms. The number of hydrogen-bond donors (Lipinski definition) is 0. The van der Waals surface area contributed by atoms with Gasteiger partial charge in [0.25, 0.3) is 0 Å². The second kappa shape index (κ2) is 7.61. The maximum atomic E-state index is 2.69. The monoisotopic (exact) mass is 302 g/mol. The molecule has 0 aliphatic carbocycles. The first-order valence-corrected chi connectivity index (χ1v) is 8.95. The molecule has 2 heteroatoms. The minimum Gasteiger partial charge on any atom is -0.296 e. The van der Waals surface area contributed by atoms with Crippen LogP contribution in [-0.4, -0.2) is 41.5 Å². The molecule has 2 rings (SSSR count). The van der Waals surface area contributed by atoms with E-state index in [-0.39, 0.29) is 0 Å². The lowest BCUT2D eigenvalue weighted by atomic mass is 9.97. The molecule has 1 aliphatic rings. The van der Waals surface area contributed by atoms with Crippen molar-refractivity contribution in [2.24, 2.45) is 5.92 Å². The fraction of sp³-hybridized carbons (Fsp3) is 0.700. The summed E-state index contributed by atoms with van der Waals surface area (Å²) in [5, 5.41) is 0. The highest BCUT2D eigenvalue weighted by molar-refractivity contribution is 5.25. The first kappa shape index (κ1) is 17.5. The Labute approximate surface area is 137 Å². The smallest absolute Gasteiger partial charge is 0.0249 e. The first-order chi connectivity index (χ1) is 10.4. The van der Waals surface area contributed by atoms with E-state index in [2.05, 4.69) is 75.6 Å². The molecule has 1 aliphatic heterocycles. The van der Waals surface area contributed by atoms with Crippen LogP contribution in [0, 0.1) is 5.92 Å². The van der Waals surface area contributed by atoms with Gasteiger partial charge in [-0.25, -0.2) is 0 Å². The van der Waals surface area contributed by atoms with E-state index < -0.39 is 0 Å². The van der Waals surface area contributed by atoms with Crippen LogP contribution in [0.1, 0.15) is 58.6 Å². The van der Waals surface area contributed by atoms with Crippen LogP contribution in [0.15, 0.2) is 24.3 Å². The van der Waals surface area contributed by atoms with Crippen molar-refractivity contribution in [3.63, 3.8) is 0 Å². The molecule has 1 aromatic rings. The summed E-state index contributed by atoms with van der Waals surface area (Å²) in [6, 6.07) is 10.5. The summed E-state index contributed by atoms with van der Waals surface area (Å²) >= 11 is 0. The Bertz CT molecular complexity index is 465. The fourth-order valence-electron chi connectivity index (χ4n) is 3.57. The zero-order valence-electron chi connectivity index (χ0n) is 15.3. The van der Waals surface area contributed by atoms with E-state index >= 15 is 0 Å². The standard InChI is InChI=1S/C20H34N2/c1-15(2)19-9-7-8-18(12-19)13-21-10-11-22(17(5)6)20(14-21)16(3)4/h7-9,12,15-17,20H,10-11,13-14H2,1-6H3/t20-/m0/s1. The van der Waals surface area contributed by atoms with Gasteiger partial charge in [-0.2, -0.15) is 0 Å². The third kappa shape index (κ3) is 4.33. The average molecular weight is 303 g/mol. The molecule has 124 valence electrons. The van der Waals surface area contributed by atoms with Crippen molar-refractivity contribution in [3.05, 3.63) is 35.4 Å². The van der Waals surface area contributed by atoms with Gasteiger partial charge in [-0.1, -0.05) is 52.0 Å². The van der Waals surface area contributed by atoms with Crippen LogP contribution in [0.2, 0.25) is 0 Å². The number of piperazine rings is 1. The maximum Gasteiger partial charge on any atom is 0.0249 e. The minimum absolute atomic E-state index is 0.612. The summed E-state index contributed by atoms with van der Waals surface area (Å²) in [6.45, 7) is 18.6. The van der Waals surface area contributed by atoms with E-state index in [1.807, 2.05) is 0 Å².